The lowest BCUT2D eigenvalue weighted by Gasteiger charge is -2.32. The van der Waals surface area contributed by atoms with Gasteiger partial charge in [0.15, 0.2) is 5.96 Å². The molecule has 0 radical (unpaired) electrons. The number of carboxylic acid groups (broad SMARTS) is 3. The van der Waals surface area contributed by atoms with Gasteiger partial charge in [0, 0.05) is 91.5 Å². The van der Waals surface area contributed by atoms with Gasteiger partial charge >= 0.3 is 23.9 Å². The molecule has 0 aromatic heterocycles. The van der Waals surface area contributed by atoms with Crippen molar-refractivity contribution in [2.24, 2.45) is 10.7 Å². The molecule has 464 valence electrons. The van der Waals surface area contributed by atoms with Gasteiger partial charge in [0.1, 0.15) is 24.1 Å². The second-order valence-electron chi connectivity index (χ2n) is 19.2. The summed E-state index contributed by atoms with van der Waals surface area (Å²) in [6, 6.07) is 11.9. The molecule has 12 N–H and O–H groups in total. The number of aliphatic imine (C=N–C) groups is 1. The van der Waals surface area contributed by atoms with Crippen molar-refractivity contribution < 1.29 is 82.5 Å². The predicted molar refractivity (Wildman–Crippen MR) is 303 cm³/mol. The smallest absolute Gasteiger partial charge is 0.321 e. The van der Waals surface area contributed by atoms with Gasteiger partial charge in [0.05, 0.1) is 85.0 Å². The third kappa shape index (κ3) is 33.5. The number of benzene rings is 2. The van der Waals surface area contributed by atoms with E-state index in [0.717, 1.165) is 5.56 Å². The lowest BCUT2D eigenvalue weighted by Crippen LogP contribution is -2.50. The number of carbonyl (C=O) groups is 8. The van der Waals surface area contributed by atoms with Crippen LogP contribution < -0.4 is 42.4 Å². The van der Waals surface area contributed by atoms with Gasteiger partial charge in [0.25, 0.3) is 0 Å². The third-order valence-corrected chi connectivity index (χ3v) is 12.6. The molecule has 3 rings (SSSR count). The summed E-state index contributed by atoms with van der Waals surface area (Å²) in [5.41, 5.74) is 7.27. The molecular formula is C54H86N12O17. The van der Waals surface area contributed by atoms with Crippen LogP contribution in [0.5, 0.6) is 11.5 Å². The summed E-state index contributed by atoms with van der Waals surface area (Å²) in [5, 5.41) is 54.0. The molecule has 1 unspecified atom stereocenters. The van der Waals surface area contributed by atoms with Crippen molar-refractivity contribution in [3.05, 3.63) is 59.7 Å². The molecule has 29 heteroatoms. The number of phenolic OH excluding ortho intramolecular Hbond substituents is 1. The Morgan fingerprint density at radius 2 is 1.10 bits per heavy atom. The third-order valence-electron chi connectivity index (χ3n) is 12.6. The molecule has 1 heterocycles. The van der Waals surface area contributed by atoms with Crippen LogP contribution in [-0.4, -0.2) is 264 Å². The van der Waals surface area contributed by atoms with E-state index in [1.165, 1.54) is 12.1 Å². The predicted octanol–water partition coefficient (Wildman–Crippen LogP) is -1.75. The van der Waals surface area contributed by atoms with Crippen molar-refractivity contribution in [2.75, 3.05) is 164 Å². The highest BCUT2D eigenvalue weighted by Gasteiger charge is 2.25. The molecule has 1 aliphatic heterocycles. The Labute approximate surface area is 483 Å². The first-order chi connectivity index (χ1) is 39.9. The van der Waals surface area contributed by atoms with Crippen LogP contribution in [0.25, 0.3) is 0 Å². The highest BCUT2D eigenvalue weighted by molar-refractivity contribution is 5.95. The van der Waals surface area contributed by atoms with E-state index < -0.39 is 47.7 Å². The molecule has 2 aromatic rings. The summed E-state index contributed by atoms with van der Waals surface area (Å²) >= 11 is 0. The first kappa shape index (κ1) is 70.0. The van der Waals surface area contributed by atoms with Crippen LogP contribution >= 0.6 is 0 Å². The second-order valence-corrected chi connectivity index (χ2v) is 19.2. The number of hydrogen-bond donors (Lipinski definition) is 11. The van der Waals surface area contributed by atoms with Crippen molar-refractivity contribution in [3.8, 4) is 11.5 Å². The van der Waals surface area contributed by atoms with Crippen molar-refractivity contribution >= 4 is 53.5 Å². The van der Waals surface area contributed by atoms with Crippen molar-refractivity contribution in [2.45, 2.75) is 51.6 Å². The maximum Gasteiger partial charge on any atom is 0.321 e. The Morgan fingerprint density at radius 3 is 1.63 bits per heavy atom. The Morgan fingerprint density at radius 1 is 0.602 bits per heavy atom. The second kappa shape index (κ2) is 41.7. The van der Waals surface area contributed by atoms with Gasteiger partial charge in [-0.05, 0) is 55.2 Å². The van der Waals surface area contributed by atoms with E-state index >= 15 is 0 Å². The number of rotatable bonds is 38. The van der Waals surface area contributed by atoms with Gasteiger partial charge in [-0.3, -0.25) is 63.5 Å². The molecule has 1 aliphatic rings. The van der Waals surface area contributed by atoms with Crippen LogP contribution in [-0.2, 0) is 59.1 Å². The summed E-state index contributed by atoms with van der Waals surface area (Å²) in [6.45, 7) is 8.64. The van der Waals surface area contributed by atoms with E-state index in [0.29, 0.717) is 83.4 Å². The number of nitrogens with one attached hydrogen (secondary N) is 6. The van der Waals surface area contributed by atoms with Crippen LogP contribution in [0.15, 0.2) is 53.5 Å². The maximum absolute atomic E-state index is 13.6. The fourth-order valence-corrected chi connectivity index (χ4v) is 8.00. The lowest BCUT2D eigenvalue weighted by molar-refractivity contribution is -0.140. The molecule has 0 bridgehead atoms. The number of urea groups is 1. The molecule has 2 aromatic carbocycles. The first-order valence-corrected chi connectivity index (χ1v) is 27.7. The van der Waals surface area contributed by atoms with Crippen LogP contribution in [0.2, 0.25) is 0 Å². The number of carboxylic acids is 3. The number of ether oxygens (including phenoxy) is 5. The van der Waals surface area contributed by atoms with Gasteiger partial charge < -0.3 is 76.4 Å². The SMILES string of the molecule is CCC(=O)NCCNC(=O)NC(N)=NCCC[C@@H](NC(=O)C(C)c1cccc(OCCOCCOCCOCCOCCNC(=O)CN2CCN(CC(=O)O)CCN(CC(=O)O)CCN(CC(=O)O)CC2)c1)C(=O)NCc1ccc(O)cc1. The van der Waals surface area contributed by atoms with E-state index in [9.17, 15) is 58.8 Å². The Balaban J connectivity index is 1.30. The summed E-state index contributed by atoms with van der Waals surface area (Å²) in [7, 11) is 0. The zero-order chi connectivity index (χ0) is 60.6. The van der Waals surface area contributed by atoms with Gasteiger partial charge in [-0.2, -0.15) is 0 Å². The fraction of sp³-hybridized carbons (Fsp3) is 0.611. The van der Waals surface area contributed by atoms with Gasteiger partial charge in [-0.1, -0.05) is 31.2 Å². The summed E-state index contributed by atoms with van der Waals surface area (Å²) < 4.78 is 28.3. The molecular weight excluding hydrogens is 1090 g/mol. The number of guanidine groups is 1. The Bertz CT molecular complexity index is 2290. The van der Waals surface area contributed by atoms with E-state index in [-0.39, 0.29) is 141 Å². The average Bonchev–Trinajstić information content (AvgIpc) is 3.47. The van der Waals surface area contributed by atoms with Gasteiger partial charge in [0.2, 0.25) is 23.6 Å². The highest BCUT2D eigenvalue weighted by atomic mass is 16.6. The molecule has 29 nitrogen and oxygen atoms in total. The quantitative estimate of drug-likeness (QED) is 0.0202. The maximum atomic E-state index is 13.6. The molecule has 6 amide bonds. The molecule has 1 fully saturated rings. The summed E-state index contributed by atoms with van der Waals surface area (Å²) in [6.07, 6.45) is 0.849. The molecule has 1 saturated heterocycles. The summed E-state index contributed by atoms with van der Waals surface area (Å²) in [5.74, 6) is -4.55. The minimum absolute atomic E-state index is 0.000466. The Kier molecular flexibility index (Phi) is 35.2. The fourth-order valence-electron chi connectivity index (χ4n) is 8.00. The normalized spacial score (nSPS) is 14.9. The number of nitrogens with zero attached hydrogens (tertiary/aromatic N) is 5. The van der Waals surface area contributed by atoms with E-state index in [1.807, 2.05) is 4.90 Å². The van der Waals surface area contributed by atoms with Gasteiger partial charge in [-0.25, -0.2) is 4.79 Å². The lowest BCUT2D eigenvalue weighted by atomic mass is 9.99. The molecule has 83 heavy (non-hydrogen) atoms. The van der Waals surface area contributed by atoms with Crippen LogP contribution in [0.4, 0.5) is 4.79 Å². The number of hydrogen-bond acceptors (Lipinski definition) is 19. The minimum atomic E-state index is -1.04. The molecule has 0 aliphatic carbocycles. The van der Waals surface area contributed by atoms with E-state index in [4.69, 9.17) is 29.4 Å². The summed E-state index contributed by atoms with van der Waals surface area (Å²) in [4.78, 5) is 109. The highest BCUT2D eigenvalue weighted by Crippen LogP contribution is 2.22. The van der Waals surface area contributed by atoms with Crippen LogP contribution in [0.3, 0.4) is 0 Å². The Hall–Kier alpha value is -7.25. The van der Waals surface area contributed by atoms with E-state index in [1.54, 1.807) is 64.9 Å². The van der Waals surface area contributed by atoms with Crippen molar-refractivity contribution in [1.82, 2.24) is 51.5 Å². The number of nitrogens with two attached hydrogens (primary N) is 1. The number of aromatic hydroxyl groups is 1. The number of phenols is 1. The first-order valence-electron chi connectivity index (χ1n) is 27.7. The minimum Gasteiger partial charge on any atom is -0.508 e. The van der Waals surface area contributed by atoms with Crippen molar-refractivity contribution in [3.63, 3.8) is 0 Å². The number of aliphatic carboxylic acids is 3. The van der Waals surface area contributed by atoms with Crippen molar-refractivity contribution in [1.29, 1.82) is 0 Å². The van der Waals surface area contributed by atoms with Crippen LogP contribution in [0.1, 0.15) is 50.2 Å². The number of carbonyl (C=O) groups excluding carboxylic acids is 5. The molecule has 2 atom stereocenters. The standard InChI is InChI=1S/C54H86N12O17/c1-3-46(68)56-14-15-59-54(78)62-53(55)58-13-5-8-45(52(77)60-35-41-9-11-43(67)12-10-41)61-51(76)40(2)42-6-4-7-44(34-42)83-33-32-82-31-30-81-29-28-80-27-26-79-25-16-57-47(69)36-63-17-19-64(37-48(70)71)21-23-66(39-50(74)75)24-22-65(20-18-63)38-49(72)73/h4,6-7,9-12,34,40,45,67H,3,5,8,13-33,35-39H2,1-2H3,(H,56,68)(H,57,69)(H,60,77)(H,61,76)(H,70,71)(H,72,73)(H,74,75)(H4,55,58,59,62,78)/t40?,45-/m1/s1. The van der Waals surface area contributed by atoms with Gasteiger partial charge in [-0.15, -0.1) is 0 Å². The zero-order valence-electron chi connectivity index (χ0n) is 47.7. The molecule has 0 saturated carbocycles. The topological polar surface area (TPSA) is 387 Å². The number of amides is 6. The largest absolute Gasteiger partial charge is 0.508 e. The average molecular weight is 1180 g/mol. The van der Waals surface area contributed by atoms with Crippen LogP contribution in [0, 0.1) is 0 Å². The monoisotopic (exact) mass is 1170 g/mol. The molecule has 0 spiro atoms. The zero-order valence-corrected chi connectivity index (χ0v) is 47.7. The van der Waals surface area contributed by atoms with E-state index in [2.05, 4.69) is 36.9 Å².